The van der Waals surface area contributed by atoms with Crippen LogP contribution in [0.15, 0.2) is 34.7 Å². The Balaban J connectivity index is 1.77. The summed E-state index contributed by atoms with van der Waals surface area (Å²) in [5, 5.41) is 17.4. The highest BCUT2D eigenvalue weighted by Crippen LogP contribution is 2.32. The van der Waals surface area contributed by atoms with E-state index in [2.05, 4.69) is 10.2 Å². The standard InChI is InChI=1S/C13H10N2O4S/c16-12(17)7-18-6-11-14-15-13(19-11)10-5-8-3-1-2-4-9(8)20-10/h1-5H,6-7H2,(H,16,17). The highest BCUT2D eigenvalue weighted by molar-refractivity contribution is 7.22. The summed E-state index contributed by atoms with van der Waals surface area (Å²) in [6, 6.07) is 9.97. The molecular formula is C13H10N2O4S. The number of fused-ring (bicyclic) bond motifs is 1. The first-order chi connectivity index (χ1) is 9.72. The summed E-state index contributed by atoms with van der Waals surface area (Å²) >= 11 is 1.56. The Hall–Kier alpha value is -2.25. The molecule has 7 heteroatoms. The molecule has 2 aromatic heterocycles. The molecule has 3 rings (SSSR count). The van der Waals surface area contributed by atoms with Crippen LogP contribution in [0.5, 0.6) is 0 Å². The van der Waals surface area contributed by atoms with Crippen molar-refractivity contribution in [3.8, 4) is 10.8 Å². The number of carboxylic acids is 1. The molecule has 0 atom stereocenters. The molecule has 0 aliphatic heterocycles. The molecule has 1 aromatic carbocycles. The number of thiophene rings is 1. The third kappa shape index (κ3) is 2.68. The predicted molar refractivity (Wildman–Crippen MR) is 72.4 cm³/mol. The second kappa shape index (κ2) is 5.40. The van der Waals surface area contributed by atoms with Gasteiger partial charge < -0.3 is 14.3 Å². The molecule has 0 unspecified atom stereocenters. The molecule has 0 amide bonds. The van der Waals surface area contributed by atoms with E-state index >= 15 is 0 Å². The summed E-state index contributed by atoms with van der Waals surface area (Å²) in [6.07, 6.45) is 0. The Morgan fingerprint density at radius 1 is 1.35 bits per heavy atom. The Morgan fingerprint density at radius 2 is 2.20 bits per heavy atom. The van der Waals surface area contributed by atoms with Crippen LogP contribution in [0.2, 0.25) is 0 Å². The van der Waals surface area contributed by atoms with E-state index in [1.165, 1.54) is 0 Å². The Morgan fingerprint density at radius 3 is 3.00 bits per heavy atom. The minimum Gasteiger partial charge on any atom is -0.480 e. The maximum Gasteiger partial charge on any atom is 0.329 e. The van der Waals surface area contributed by atoms with Crippen LogP contribution in [0.25, 0.3) is 20.9 Å². The lowest BCUT2D eigenvalue weighted by Crippen LogP contribution is -2.06. The number of aliphatic carboxylic acids is 1. The van der Waals surface area contributed by atoms with Gasteiger partial charge in [-0.15, -0.1) is 21.5 Å². The molecule has 0 spiro atoms. The molecule has 0 aliphatic rings. The Kier molecular flexibility index (Phi) is 3.44. The summed E-state index contributed by atoms with van der Waals surface area (Å²) in [7, 11) is 0. The molecule has 3 aromatic rings. The SMILES string of the molecule is O=C(O)COCc1nnc(-c2cc3ccccc3s2)o1. The van der Waals surface area contributed by atoms with Gasteiger partial charge in [-0.05, 0) is 17.5 Å². The first-order valence-corrected chi connectivity index (χ1v) is 6.65. The quantitative estimate of drug-likeness (QED) is 0.777. The minimum atomic E-state index is -1.03. The van der Waals surface area contributed by atoms with E-state index in [4.69, 9.17) is 14.3 Å². The van der Waals surface area contributed by atoms with Gasteiger partial charge in [0.15, 0.2) is 0 Å². The summed E-state index contributed by atoms with van der Waals surface area (Å²) in [4.78, 5) is 11.2. The molecule has 0 fully saturated rings. The van der Waals surface area contributed by atoms with Crippen molar-refractivity contribution in [3.05, 3.63) is 36.2 Å². The third-order valence-electron chi connectivity index (χ3n) is 2.55. The second-order valence-corrected chi connectivity index (χ2v) is 5.12. The molecule has 2 heterocycles. The van der Waals surface area contributed by atoms with Gasteiger partial charge in [-0.2, -0.15) is 0 Å². The molecule has 0 bridgehead atoms. The molecule has 102 valence electrons. The number of rotatable bonds is 5. The normalized spacial score (nSPS) is 11.0. The fourth-order valence-electron chi connectivity index (χ4n) is 1.72. The van der Waals surface area contributed by atoms with E-state index in [1.807, 2.05) is 30.3 Å². The van der Waals surface area contributed by atoms with Gasteiger partial charge in [-0.25, -0.2) is 4.79 Å². The van der Waals surface area contributed by atoms with E-state index in [1.54, 1.807) is 11.3 Å². The van der Waals surface area contributed by atoms with Crippen LogP contribution in [-0.2, 0) is 16.1 Å². The van der Waals surface area contributed by atoms with Crippen molar-refractivity contribution in [1.82, 2.24) is 10.2 Å². The molecule has 0 aliphatic carbocycles. The van der Waals surface area contributed by atoms with Crippen molar-refractivity contribution in [2.24, 2.45) is 0 Å². The van der Waals surface area contributed by atoms with E-state index in [-0.39, 0.29) is 19.1 Å². The maximum absolute atomic E-state index is 10.3. The number of carboxylic acid groups (broad SMARTS) is 1. The van der Waals surface area contributed by atoms with Crippen molar-refractivity contribution in [1.29, 1.82) is 0 Å². The van der Waals surface area contributed by atoms with Crippen molar-refractivity contribution >= 4 is 27.4 Å². The Labute approximate surface area is 117 Å². The molecule has 0 saturated heterocycles. The number of benzene rings is 1. The summed E-state index contributed by atoms with van der Waals surface area (Å²) in [5.41, 5.74) is 0. The van der Waals surface area contributed by atoms with E-state index in [0.717, 1.165) is 15.0 Å². The number of carbonyl (C=O) groups is 1. The average Bonchev–Trinajstić information content (AvgIpc) is 3.03. The number of hydrogen-bond acceptors (Lipinski definition) is 6. The first-order valence-electron chi connectivity index (χ1n) is 5.83. The topological polar surface area (TPSA) is 85.5 Å². The molecule has 20 heavy (non-hydrogen) atoms. The van der Waals surface area contributed by atoms with Crippen LogP contribution in [0.1, 0.15) is 5.89 Å². The highest BCUT2D eigenvalue weighted by Gasteiger charge is 2.12. The lowest BCUT2D eigenvalue weighted by molar-refractivity contribution is -0.142. The zero-order chi connectivity index (χ0) is 13.9. The Bertz CT molecular complexity index is 717. The van der Waals surface area contributed by atoms with Crippen LogP contribution in [0.4, 0.5) is 0 Å². The van der Waals surface area contributed by atoms with E-state index in [9.17, 15) is 4.79 Å². The smallest absolute Gasteiger partial charge is 0.329 e. The fraction of sp³-hybridized carbons (Fsp3) is 0.154. The minimum absolute atomic E-state index is 0.00973. The van der Waals surface area contributed by atoms with Crippen molar-refractivity contribution in [2.75, 3.05) is 6.61 Å². The maximum atomic E-state index is 10.3. The number of ether oxygens (including phenoxy) is 1. The van der Waals surface area contributed by atoms with E-state index in [0.29, 0.717) is 5.89 Å². The van der Waals surface area contributed by atoms with Gasteiger partial charge in [0.2, 0.25) is 5.89 Å². The number of aromatic nitrogens is 2. The van der Waals surface area contributed by atoms with E-state index < -0.39 is 5.97 Å². The van der Waals surface area contributed by atoms with Crippen LogP contribution in [-0.4, -0.2) is 27.9 Å². The molecule has 6 nitrogen and oxygen atoms in total. The zero-order valence-electron chi connectivity index (χ0n) is 10.3. The fourth-order valence-corrected chi connectivity index (χ4v) is 2.71. The van der Waals surface area contributed by atoms with Crippen LogP contribution in [0, 0.1) is 0 Å². The zero-order valence-corrected chi connectivity index (χ0v) is 11.1. The molecule has 1 N–H and O–H groups in total. The van der Waals surface area contributed by atoms with Gasteiger partial charge in [-0.1, -0.05) is 18.2 Å². The largest absolute Gasteiger partial charge is 0.480 e. The summed E-state index contributed by atoms with van der Waals surface area (Å²) in [5.74, 6) is -0.354. The third-order valence-corrected chi connectivity index (χ3v) is 3.66. The number of nitrogens with zero attached hydrogens (tertiary/aromatic N) is 2. The lowest BCUT2D eigenvalue weighted by Gasteiger charge is -1.94. The highest BCUT2D eigenvalue weighted by atomic mass is 32.1. The molecular weight excluding hydrogens is 280 g/mol. The van der Waals surface area contributed by atoms with Crippen molar-refractivity contribution < 1.29 is 19.1 Å². The van der Waals surface area contributed by atoms with Gasteiger partial charge in [0, 0.05) is 4.70 Å². The van der Waals surface area contributed by atoms with Crippen LogP contribution in [0.3, 0.4) is 0 Å². The molecule has 0 radical (unpaired) electrons. The molecule has 0 saturated carbocycles. The average molecular weight is 290 g/mol. The van der Waals surface area contributed by atoms with Crippen molar-refractivity contribution in [3.63, 3.8) is 0 Å². The summed E-state index contributed by atoms with van der Waals surface area (Å²) in [6.45, 7) is -0.398. The van der Waals surface area contributed by atoms with Gasteiger partial charge in [-0.3, -0.25) is 0 Å². The van der Waals surface area contributed by atoms with Gasteiger partial charge >= 0.3 is 5.97 Å². The first kappa shape index (κ1) is 12.8. The van der Waals surface area contributed by atoms with Gasteiger partial charge in [0.05, 0.1) is 4.88 Å². The predicted octanol–water partition coefficient (Wildman–Crippen LogP) is 2.55. The lowest BCUT2D eigenvalue weighted by atomic mass is 10.2. The monoisotopic (exact) mass is 290 g/mol. The summed E-state index contributed by atoms with van der Waals surface area (Å²) < 4.78 is 11.5. The second-order valence-electron chi connectivity index (χ2n) is 4.04. The van der Waals surface area contributed by atoms with Crippen molar-refractivity contribution in [2.45, 2.75) is 6.61 Å². The number of hydrogen-bond donors (Lipinski definition) is 1. The van der Waals surface area contributed by atoms with Crippen LogP contribution < -0.4 is 0 Å². The van der Waals surface area contributed by atoms with Crippen LogP contribution >= 0.6 is 11.3 Å². The van der Waals surface area contributed by atoms with Gasteiger partial charge in [0.1, 0.15) is 13.2 Å². The van der Waals surface area contributed by atoms with Gasteiger partial charge in [0.25, 0.3) is 5.89 Å².